The molecule has 1 aromatic heterocycles. The highest BCUT2D eigenvalue weighted by Gasteiger charge is 2.13. The molecule has 0 amide bonds. The summed E-state index contributed by atoms with van der Waals surface area (Å²) in [6.45, 7) is 0. The highest BCUT2D eigenvalue weighted by molar-refractivity contribution is 6.08. The Morgan fingerprint density at radius 1 is 0.526 bits per heavy atom. The maximum atomic E-state index is 5.03. The Kier molecular flexibility index (Phi) is 5.64. The zero-order valence-corrected chi connectivity index (χ0v) is 21.0. The Morgan fingerprint density at radius 3 is 2.05 bits per heavy atom. The lowest BCUT2D eigenvalue weighted by Crippen LogP contribution is -1.98. The predicted molar refractivity (Wildman–Crippen MR) is 159 cm³/mol. The van der Waals surface area contributed by atoms with Gasteiger partial charge in [-0.1, -0.05) is 127 Å². The zero-order chi connectivity index (χ0) is 25.3. The van der Waals surface area contributed by atoms with Crippen LogP contribution in [-0.4, -0.2) is 9.97 Å². The first-order chi connectivity index (χ1) is 18.8. The van der Waals surface area contributed by atoms with E-state index < -0.39 is 0 Å². The van der Waals surface area contributed by atoms with Crippen LogP contribution in [0.25, 0.3) is 55.4 Å². The normalized spacial score (nSPS) is 14.8. The molecule has 5 aromatic carbocycles. The van der Waals surface area contributed by atoms with Gasteiger partial charge >= 0.3 is 0 Å². The van der Waals surface area contributed by atoms with Gasteiger partial charge in [0.05, 0.1) is 11.4 Å². The van der Waals surface area contributed by atoms with Crippen molar-refractivity contribution in [2.24, 2.45) is 0 Å². The van der Waals surface area contributed by atoms with E-state index in [4.69, 9.17) is 9.97 Å². The molecular formula is C36H26N2. The van der Waals surface area contributed by atoms with Gasteiger partial charge in [0, 0.05) is 22.6 Å². The number of aromatic nitrogens is 2. The summed E-state index contributed by atoms with van der Waals surface area (Å²) in [6, 6.07) is 40.8. The lowest BCUT2D eigenvalue weighted by Gasteiger charge is -2.14. The number of fused-ring (bicyclic) bond motifs is 3. The second kappa shape index (κ2) is 9.57. The fourth-order valence-electron chi connectivity index (χ4n) is 5.36. The van der Waals surface area contributed by atoms with E-state index >= 15 is 0 Å². The standard InChI is InChI=1S/C36H26N2/c1-3-9-25(10-4-1)26-15-18-28(19-16-26)34-24-35(38-36(37-34)29-12-5-2-6-13-29)31-21-22-33-30(23-31)20-17-27-11-7-8-14-32(27)33/h1-9,11-25H,10H2. The van der Waals surface area contributed by atoms with Gasteiger partial charge in [0.1, 0.15) is 0 Å². The maximum Gasteiger partial charge on any atom is 0.160 e. The lowest BCUT2D eigenvalue weighted by molar-refractivity contribution is 0.854. The van der Waals surface area contributed by atoms with Gasteiger partial charge in [-0.2, -0.15) is 0 Å². The number of hydrogen-bond donors (Lipinski definition) is 0. The van der Waals surface area contributed by atoms with Crippen LogP contribution in [0.15, 0.2) is 140 Å². The SMILES string of the molecule is C1=CCC(c2ccc(-c3cc(-c4ccc5c(ccc6ccccc65)c4)nc(-c4ccccc4)n3)cc2)C=C1. The molecule has 2 nitrogen and oxygen atoms in total. The molecule has 2 heteroatoms. The van der Waals surface area contributed by atoms with Crippen molar-refractivity contribution in [1.82, 2.24) is 9.97 Å². The van der Waals surface area contributed by atoms with Gasteiger partial charge in [0.2, 0.25) is 0 Å². The first kappa shape index (κ1) is 22.4. The molecule has 1 aliphatic rings. The molecule has 1 unspecified atom stereocenters. The van der Waals surface area contributed by atoms with Crippen LogP contribution in [-0.2, 0) is 0 Å². The lowest BCUT2D eigenvalue weighted by atomic mass is 9.91. The number of allylic oxidation sites excluding steroid dienone is 4. The Morgan fingerprint density at radius 2 is 1.24 bits per heavy atom. The predicted octanol–water partition coefficient (Wildman–Crippen LogP) is 9.38. The summed E-state index contributed by atoms with van der Waals surface area (Å²) in [5.74, 6) is 1.17. The Balaban J connectivity index is 1.34. The molecule has 0 N–H and O–H groups in total. The van der Waals surface area contributed by atoms with Crippen LogP contribution in [0, 0.1) is 0 Å². The summed E-state index contributed by atoms with van der Waals surface area (Å²) in [6.07, 6.45) is 9.80. The molecule has 180 valence electrons. The van der Waals surface area contributed by atoms with E-state index in [1.165, 1.54) is 27.1 Å². The van der Waals surface area contributed by atoms with Crippen LogP contribution in [0.1, 0.15) is 17.9 Å². The molecule has 38 heavy (non-hydrogen) atoms. The largest absolute Gasteiger partial charge is 0.228 e. The van der Waals surface area contributed by atoms with Gasteiger partial charge < -0.3 is 0 Å². The quantitative estimate of drug-likeness (QED) is 0.232. The second-order valence-corrected chi connectivity index (χ2v) is 9.83. The minimum atomic E-state index is 0.434. The van der Waals surface area contributed by atoms with Crippen molar-refractivity contribution >= 4 is 21.5 Å². The van der Waals surface area contributed by atoms with Crippen LogP contribution < -0.4 is 0 Å². The van der Waals surface area contributed by atoms with Gasteiger partial charge in [0.25, 0.3) is 0 Å². The Labute approximate surface area is 222 Å². The van der Waals surface area contributed by atoms with Crippen molar-refractivity contribution in [3.8, 4) is 33.9 Å². The third-order valence-electron chi connectivity index (χ3n) is 7.41. The molecule has 7 rings (SSSR count). The van der Waals surface area contributed by atoms with Crippen molar-refractivity contribution in [3.05, 3.63) is 145 Å². The summed E-state index contributed by atoms with van der Waals surface area (Å²) in [5.41, 5.74) is 6.37. The summed E-state index contributed by atoms with van der Waals surface area (Å²) in [4.78, 5) is 10.0. The van der Waals surface area contributed by atoms with E-state index in [0.29, 0.717) is 5.92 Å². The molecule has 1 heterocycles. The summed E-state index contributed by atoms with van der Waals surface area (Å²) < 4.78 is 0. The number of nitrogens with zero attached hydrogens (tertiary/aromatic N) is 2. The van der Waals surface area contributed by atoms with Gasteiger partial charge in [-0.3, -0.25) is 0 Å². The third kappa shape index (κ3) is 4.21. The molecule has 0 bridgehead atoms. The molecule has 0 saturated carbocycles. The topological polar surface area (TPSA) is 25.8 Å². The summed E-state index contributed by atoms with van der Waals surface area (Å²) >= 11 is 0. The zero-order valence-electron chi connectivity index (χ0n) is 21.0. The third-order valence-corrected chi connectivity index (χ3v) is 7.41. The van der Waals surface area contributed by atoms with E-state index in [9.17, 15) is 0 Å². The molecule has 0 saturated heterocycles. The minimum absolute atomic E-state index is 0.434. The first-order valence-electron chi connectivity index (χ1n) is 13.1. The molecule has 0 radical (unpaired) electrons. The fourth-order valence-corrected chi connectivity index (χ4v) is 5.36. The summed E-state index contributed by atoms with van der Waals surface area (Å²) in [5, 5.41) is 4.99. The number of hydrogen-bond acceptors (Lipinski definition) is 2. The van der Waals surface area contributed by atoms with E-state index in [2.05, 4.69) is 121 Å². The van der Waals surface area contributed by atoms with E-state index in [-0.39, 0.29) is 0 Å². The van der Waals surface area contributed by atoms with Gasteiger partial charge in [-0.05, 0) is 45.7 Å². The van der Waals surface area contributed by atoms with Crippen molar-refractivity contribution in [2.45, 2.75) is 12.3 Å². The van der Waals surface area contributed by atoms with Crippen LogP contribution in [0.5, 0.6) is 0 Å². The van der Waals surface area contributed by atoms with Gasteiger partial charge in [0.15, 0.2) is 5.82 Å². The van der Waals surface area contributed by atoms with E-state index in [1.54, 1.807) is 0 Å². The first-order valence-corrected chi connectivity index (χ1v) is 13.1. The van der Waals surface area contributed by atoms with Gasteiger partial charge in [-0.25, -0.2) is 9.97 Å². The average molecular weight is 487 g/mol. The number of benzene rings is 5. The van der Waals surface area contributed by atoms with Crippen LogP contribution in [0.3, 0.4) is 0 Å². The van der Waals surface area contributed by atoms with Crippen LogP contribution >= 0.6 is 0 Å². The Bertz CT molecular complexity index is 1830. The molecule has 6 aromatic rings. The summed E-state index contributed by atoms with van der Waals surface area (Å²) in [7, 11) is 0. The van der Waals surface area contributed by atoms with Crippen molar-refractivity contribution in [1.29, 1.82) is 0 Å². The van der Waals surface area contributed by atoms with E-state index in [1.807, 2.05) is 18.2 Å². The average Bonchev–Trinajstić information content (AvgIpc) is 3.01. The maximum absolute atomic E-state index is 5.03. The fraction of sp³-hybridized carbons (Fsp3) is 0.0556. The highest BCUT2D eigenvalue weighted by atomic mass is 14.9. The molecule has 0 aliphatic heterocycles. The second-order valence-electron chi connectivity index (χ2n) is 9.83. The van der Waals surface area contributed by atoms with Crippen LogP contribution in [0.2, 0.25) is 0 Å². The van der Waals surface area contributed by atoms with E-state index in [0.717, 1.165) is 40.3 Å². The Hall–Kier alpha value is -4.82. The minimum Gasteiger partial charge on any atom is -0.228 e. The molecule has 1 aliphatic carbocycles. The molecule has 1 atom stereocenters. The van der Waals surface area contributed by atoms with Crippen molar-refractivity contribution in [3.63, 3.8) is 0 Å². The molecule has 0 spiro atoms. The van der Waals surface area contributed by atoms with Crippen molar-refractivity contribution < 1.29 is 0 Å². The number of rotatable bonds is 4. The highest BCUT2D eigenvalue weighted by Crippen LogP contribution is 2.33. The monoisotopic (exact) mass is 486 g/mol. The molecule has 0 fully saturated rings. The van der Waals surface area contributed by atoms with Gasteiger partial charge in [-0.15, -0.1) is 0 Å². The van der Waals surface area contributed by atoms with Crippen LogP contribution in [0.4, 0.5) is 0 Å². The smallest absolute Gasteiger partial charge is 0.160 e. The van der Waals surface area contributed by atoms with Crippen molar-refractivity contribution in [2.75, 3.05) is 0 Å². The molecular weight excluding hydrogens is 460 g/mol.